The molecular weight excluding hydrogens is 924 g/mol. The summed E-state index contributed by atoms with van der Waals surface area (Å²) in [6.45, 7) is 7.67. The molecule has 0 spiro atoms. The first-order valence-corrected chi connectivity index (χ1v) is 25.1. The molecule has 0 radical (unpaired) electrons. The largest absolute Gasteiger partial charge is 0.497 e. The van der Waals surface area contributed by atoms with Crippen LogP contribution in [0.3, 0.4) is 0 Å². The van der Waals surface area contributed by atoms with E-state index in [4.69, 9.17) is 44.2 Å². The van der Waals surface area contributed by atoms with Gasteiger partial charge in [0.2, 0.25) is 5.91 Å². The monoisotopic (exact) mass is 989 g/mol. The molecule has 0 saturated carbocycles. The number of hydrogen-bond donors (Lipinski definition) is 3. The summed E-state index contributed by atoms with van der Waals surface area (Å²) in [4.78, 5) is 17.1. The van der Waals surface area contributed by atoms with Gasteiger partial charge in [-0.3, -0.25) is 13.8 Å². The quantitative estimate of drug-likeness (QED) is 0.0258. The maximum Gasteiger partial charge on any atom is 0.409 e. The summed E-state index contributed by atoms with van der Waals surface area (Å²) in [6, 6.07) is 27.6. The number of ether oxygens (including phenoxy) is 5. The molecule has 1 aromatic heterocycles. The van der Waals surface area contributed by atoms with E-state index in [0.29, 0.717) is 37.3 Å². The fourth-order valence-corrected chi connectivity index (χ4v) is 11.2. The molecule has 2 heterocycles. The van der Waals surface area contributed by atoms with Gasteiger partial charge in [0, 0.05) is 25.2 Å². The zero-order valence-electron chi connectivity index (χ0n) is 40.7. The molecule has 5 N–H and O–H groups in total. The smallest absolute Gasteiger partial charge is 0.409 e. The fourth-order valence-electron chi connectivity index (χ4n) is 8.85. The third-order valence-electron chi connectivity index (χ3n) is 12.1. The van der Waals surface area contributed by atoms with E-state index in [2.05, 4.69) is 10.3 Å². The number of fused-ring (bicyclic) bond motifs is 1. The molecule has 70 heavy (non-hydrogen) atoms. The highest BCUT2D eigenvalue weighted by molar-refractivity contribution is 7.51. The molecule has 16 nitrogen and oxygen atoms in total. The Kier molecular flexibility index (Phi) is 19.4. The minimum atomic E-state index is -4.37. The van der Waals surface area contributed by atoms with Crippen LogP contribution in [0.5, 0.6) is 11.5 Å². The van der Waals surface area contributed by atoms with Gasteiger partial charge in [-0.2, -0.15) is 5.26 Å². The molecule has 5 aromatic rings. The molecule has 0 bridgehead atoms. The van der Waals surface area contributed by atoms with Crippen molar-refractivity contribution in [3.05, 3.63) is 126 Å². The lowest BCUT2D eigenvalue weighted by atomic mass is 9.80. The first-order chi connectivity index (χ1) is 33.7. The molecule has 0 aliphatic carbocycles. The van der Waals surface area contributed by atoms with Crippen LogP contribution in [0.4, 0.5) is 8.78 Å². The van der Waals surface area contributed by atoms with Crippen LogP contribution in [0.1, 0.15) is 82.7 Å². The Hall–Kier alpha value is -5.32. The second-order valence-corrected chi connectivity index (χ2v) is 19.3. The summed E-state index contributed by atoms with van der Waals surface area (Å²) in [5.74, 6) is -1.31. The Bertz CT molecular complexity index is 2470. The molecule has 6 atom stereocenters. The second kappa shape index (κ2) is 25.2. The van der Waals surface area contributed by atoms with Crippen molar-refractivity contribution < 1.29 is 50.9 Å². The van der Waals surface area contributed by atoms with E-state index in [1.165, 1.54) is 17.0 Å². The summed E-state index contributed by atoms with van der Waals surface area (Å²) in [6.07, 6.45) is -1.24. The molecule has 6 rings (SSSR count). The highest BCUT2D eigenvalue weighted by Crippen LogP contribution is 2.58. The predicted octanol–water partition coefficient (Wildman–Crippen LogP) is 8.13. The first-order valence-electron chi connectivity index (χ1n) is 23.6. The van der Waals surface area contributed by atoms with Crippen molar-refractivity contribution in [3.8, 4) is 17.6 Å². The van der Waals surface area contributed by atoms with Crippen molar-refractivity contribution in [2.24, 2.45) is 11.5 Å². The van der Waals surface area contributed by atoms with Gasteiger partial charge in [0.05, 0.1) is 57.8 Å². The van der Waals surface area contributed by atoms with Gasteiger partial charge < -0.3 is 45.0 Å². The highest BCUT2D eigenvalue weighted by Gasteiger charge is 2.54. The summed E-state index contributed by atoms with van der Waals surface area (Å²) >= 11 is 0. The summed E-state index contributed by atoms with van der Waals surface area (Å²) in [5.41, 5.74) is 12.6. The Morgan fingerprint density at radius 1 is 0.900 bits per heavy atom. The number of nitrogens with zero attached hydrogens (tertiary/aromatic N) is 4. The van der Waals surface area contributed by atoms with Crippen LogP contribution in [-0.2, 0) is 38.2 Å². The lowest BCUT2D eigenvalue weighted by Gasteiger charge is -2.39. The number of carbonyl (C=O) groups excluding carboxylic acids is 1. The van der Waals surface area contributed by atoms with E-state index < -0.39 is 55.6 Å². The molecule has 4 aromatic carbocycles. The van der Waals surface area contributed by atoms with E-state index in [1.54, 1.807) is 18.9 Å². The van der Waals surface area contributed by atoms with Crippen LogP contribution in [0.15, 0.2) is 97.3 Å². The zero-order chi connectivity index (χ0) is 50.4. The van der Waals surface area contributed by atoms with Crippen LogP contribution in [0.25, 0.3) is 11.0 Å². The molecule has 1 fully saturated rings. The average Bonchev–Trinajstić information content (AvgIpc) is 3.94. The highest BCUT2D eigenvalue weighted by atomic mass is 31.2. The van der Waals surface area contributed by atoms with Crippen LogP contribution in [-0.4, -0.2) is 104 Å². The summed E-state index contributed by atoms with van der Waals surface area (Å²) in [5, 5.41) is 12.4. The number of amides is 1. The molecule has 1 saturated heterocycles. The van der Waals surface area contributed by atoms with Crippen molar-refractivity contribution in [3.63, 3.8) is 0 Å². The van der Waals surface area contributed by atoms with Crippen molar-refractivity contribution in [1.82, 2.24) is 19.5 Å². The van der Waals surface area contributed by atoms with Gasteiger partial charge in [-0.1, -0.05) is 61.0 Å². The van der Waals surface area contributed by atoms with Crippen molar-refractivity contribution in [2.75, 3.05) is 47.1 Å². The third kappa shape index (κ3) is 12.4. The van der Waals surface area contributed by atoms with Gasteiger partial charge in [0.15, 0.2) is 17.9 Å². The van der Waals surface area contributed by atoms with Gasteiger partial charge in [0.25, 0.3) is 0 Å². The van der Waals surface area contributed by atoms with Gasteiger partial charge in [0.1, 0.15) is 40.9 Å². The molecular formula is C51H66F2N7O9P. The van der Waals surface area contributed by atoms with Gasteiger partial charge in [-0.15, -0.1) is 0 Å². The first kappa shape index (κ1) is 54.0. The average molecular weight is 990 g/mol. The lowest BCUT2D eigenvalue weighted by molar-refractivity contribution is -0.122. The molecule has 1 unspecified atom stereocenters. The maximum atomic E-state index is 15.6. The maximum absolute atomic E-state index is 15.6. The van der Waals surface area contributed by atoms with Crippen LogP contribution >= 0.6 is 7.75 Å². The van der Waals surface area contributed by atoms with E-state index in [9.17, 15) is 14.4 Å². The second-order valence-electron chi connectivity index (χ2n) is 17.5. The van der Waals surface area contributed by atoms with Gasteiger partial charge in [-0.05, 0) is 107 Å². The third-order valence-corrected chi connectivity index (χ3v) is 14.6. The van der Waals surface area contributed by atoms with Crippen molar-refractivity contribution in [2.45, 2.75) is 108 Å². The summed E-state index contributed by atoms with van der Waals surface area (Å²) in [7, 11) is -1.21. The van der Waals surface area contributed by atoms with Crippen LogP contribution < -0.4 is 26.3 Å². The van der Waals surface area contributed by atoms with Crippen LogP contribution in [0, 0.1) is 23.0 Å². The minimum absolute atomic E-state index is 0.0135. The minimum Gasteiger partial charge on any atom is -0.497 e. The number of imidazole rings is 1. The van der Waals surface area contributed by atoms with Crippen LogP contribution in [0.2, 0.25) is 0 Å². The molecule has 19 heteroatoms. The van der Waals surface area contributed by atoms with Crippen molar-refractivity contribution in [1.29, 1.82) is 5.26 Å². The number of hydrogen-bond acceptors (Lipinski definition) is 13. The predicted molar refractivity (Wildman–Crippen MR) is 261 cm³/mol. The fraction of sp³-hybridized carbons (Fsp3) is 0.471. The Morgan fingerprint density at radius 2 is 1.53 bits per heavy atom. The SMILES string of the molecule is COc1ccc(C(OC[C@H]2O[C@@H](n3cnc4c(F)c(F)ccc43)[C@H](OCCCNC(=O)[C@@H](N)CCCCN)[C@@H]2OP(=O)(OCCC#N)N(C(C)C)C(C)C)(c2ccccc2)c2ccc(OC)cc2)cc1. The number of nitrogens with two attached hydrogens (primary N) is 2. The normalized spacial score (nSPS) is 18.6. The van der Waals surface area contributed by atoms with Gasteiger partial charge >= 0.3 is 7.75 Å². The number of rotatable bonds is 27. The van der Waals surface area contributed by atoms with E-state index >= 15 is 8.96 Å². The van der Waals surface area contributed by atoms with E-state index in [1.807, 2.05) is 113 Å². The Labute approximate surface area is 409 Å². The number of benzene rings is 4. The molecule has 1 aliphatic rings. The lowest BCUT2D eigenvalue weighted by Crippen LogP contribution is -2.44. The number of unbranched alkanes of at least 4 members (excludes halogenated alkanes) is 1. The Morgan fingerprint density at radius 3 is 2.11 bits per heavy atom. The molecule has 378 valence electrons. The van der Waals surface area contributed by atoms with Gasteiger partial charge in [-0.25, -0.2) is 23.0 Å². The van der Waals surface area contributed by atoms with E-state index in [-0.39, 0.29) is 61.8 Å². The standard InChI is InChI=1S/C51H66F2N7O9P/c1-34(2)60(35(3)4)70(62,67-31-12-28-55)69-47-44(32-66-51(36-14-8-7-9-15-36,37-17-21-39(63-5)22-18-37)38-19-23-40(64-6)24-20-38)68-50(59-33-58-46-43(59)26-25-41(52)45(46)53)48(47)65-30-13-29-57-49(61)42(56)16-10-11-27-54/h7-9,14-15,17-26,33-35,42,44,47-48,50H,10-13,16,27,29-32,54,56H2,1-6H3,(H,57,61)/t42-,44+,47+,48+,50+,70?/m0/s1. The number of halogens is 2. The number of carbonyl (C=O) groups is 1. The number of methoxy groups -OCH3 is 2. The number of aromatic nitrogens is 2. The molecule has 1 aliphatic heterocycles. The molecule has 1 amide bonds. The number of nitrogens with one attached hydrogen (secondary N) is 1. The van der Waals surface area contributed by atoms with E-state index in [0.717, 1.165) is 29.2 Å². The Balaban J connectivity index is 1.48. The topological polar surface area (TPSA) is 208 Å². The number of nitriles is 1. The zero-order valence-corrected chi connectivity index (χ0v) is 41.6. The van der Waals surface area contributed by atoms with Crippen molar-refractivity contribution >= 4 is 24.7 Å². The summed E-state index contributed by atoms with van der Waals surface area (Å²) < 4.78 is 94.0.